The predicted octanol–water partition coefficient (Wildman–Crippen LogP) is 3.09. The zero-order valence-electron chi connectivity index (χ0n) is 10.4. The number of nitrogens with zero attached hydrogens (tertiary/aromatic N) is 1. The van der Waals surface area contributed by atoms with E-state index < -0.39 is 0 Å². The number of hydrogen-bond acceptors (Lipinski definition) is 3. The van der Waals surface area contributed by atoms with Crippen LogP contribution in [0.3, 0.4) is 0 Å². The van der Waals surface area contributed by atoms with Gasteiger partial charge in [0.15, 0.2) is 0 Å². The number of aromatic nitrogens is 1. The van der Waals surface area contributed by atoms with E-state index >= 15 is 0 Å². The molecule has 2 aromatic rings. The zero-order chi connectivity index (χ0) is 12.1. The molecule has 1 aromatic heterocycles. The third-order valence-electron chi connectivity index (χ3n) is 2.81. The lowest BCUT2D eigenvalue weighted by Crippen LogP contribution is -2.17. The van der Waals surface area contributed by atoms with Crippen LogP contribution in [0.4, 0.5) is 0 Å². The normalized spacial score (nSPS) is 10.7. The zero-order valence-corrected chi connectivity index (χ0v) is 11.2. The molecule has 1 aromatic carbocycles. The van der Waals surface area contributed by atoms with E-state index in [9.17, 15) is 0 Å². The summed E-state index contributed by atoms with van der Waals surface area (Å²) in [6.45, 7) is 6.23. The third-order valence-corrected chi connectivity index (χ3v) is 3.65. The fourth-order valence-corrected chi connectivity index (χ4v) is 2.46. The summed E-state index contributed by atoms with van der Waals surface area (Å²) in [5.41, 5.74) is 4.08. The molecule has 0 aliphatic heterocycles. The highest BCUT2D eigenvalue weighted by atomic mass is 32.1. The minimum absolute atomic E-state index is 0.942. The Bertz CT molecular complexity index is 463. The molecule has 0 saturated carbocycles. The van der Waals surface area contributed by atoms with Gasteiger partial charge in [-0.05, 0) is 25.0 Å². The van der Waals surface area contributed by atoms with Crippen LogP contribution in [0.2, 0.25) is 0 Å². The monoisotopic (exact) mass is 246 g/mol. The van der Waals surface area contributed by atoms with Crippen LogP contribution in [0.5, 0.6) is 0 Å². The van der Waals surface area contributed by atoms with Gasteiger partial charge < -0.3 is 5.32 Å². The molecular weight excluding hydrogens is 228 g/mol. The molecule has 0 radical (unpaired) electrons. The van der Waals surface area contributed by atoms with Gasteiger partial charge in [-0.25, -0.2) is 4.98 Å². The van der Waals surface area contributed by atoms with Gasteiger partial charge in [-0.2, -0.15) is 0 Å². The molecule has 0 unspecified atom stereocenters. The van der Waals surface area contributed by atoms with Crippen molar-refractivity contribution in [2.75, 3.05) is 6.54 Å². The molecule has 0 spiro atoms. The third kappa shape index (κ3) is 3.65. The van der Waals surface area contributed by atoms with Crippen LogP contribution in [0.1, 0.15) is 21.7 Å². The second-order valence-corrected chi connectivity index (χ2v) is 5.26. The molecular formula is C14H18N2S. The molecule has 0 aliphatic carbocycles. The number of hydrogen-bond donors (Lipinski definition) is 1. The van der Waals surface area contributed by atoms with Crippen molar-refractivity contribution in [3.63, 3.8) is 0 Å². The van der Waals surface area contributed by atoms with Crippen molar-refractivity contribution in [1.29, 1.82) is 0 Å². The average molecular weight is 246 g/mol. The van der Waals surface area contributed by atoms with Gasteiger partial charge in [0, 0.05) is 31.1 Å². The molecule has 3 heteroatoms. The second-order valence-electron chi connectivity index (χ2n) is 4.28. The summed E-state index contributed by atoms with van der Waals surface area (Å²) in [4.78, 5) is 4.27. The molecule has 2 rings (SSSR count). The average Bonchev–Trinajstić information content (AvgIpc) is 2.79. The lowest BCUT2D eigenvalue weighted by molar-refractivity contribution is 0.683. The van der Waals surface area contributed by atoms with Crippen LogP contribution in [-0.4, -0.2) is 11.5 Å². The second kappa shape index (κ2) is 5.94. The first-order valence-corrected chi connectivity index (χ1v) is 6.79. The summed E-state index contributed by atoms with van der Waals surface area (Å²) in [5, 5.41) is 6.70. The van der Waals surface area contributed by atoms with Crippen molar-refractivity contribution in [1.82, 2.24) is 10.3 Å². The van der Waals surface area contributed by atoms with Gasteiger partial charge >= 0.3 is 0 Å². The molecule has 1 N–H and O–H groups in total. The predicted molar refractivity (Wildman–Crippen MR) is 73.4 cm³/mol. The van der Waals surface area contributed by atoms with E-state index in [1.807, 2.05) is 11.6 Å². The largest absolute Gasteiger partial charge is 0.312 e. The summed E-state index contributed by atoms with van der Waals surface area (Å²) >= 11 is 1.72. The van der Waals surface area contributed by atoms with E-state index in [1.54, 1.807) is 11.3 Å². The highest BCUT2D eigenvalue weighted by Gasteiger charge is 1.99. The summed E-state index contributed by atoms with van der Waals surface area (Å²) in [5.74, 6) is 0. The molecule has 0 amide bonds. The molecule has 0 aliphatic rings. The highest BCUT2D eigenvalue weighted by Crippen LogP contribution is 2.10. The van der Waals surface area contributed by atoms with E-state index in [0.29, 0.717) is 0 Å². The van der Waals surface area contributed by atoms with Gasteiger partial charge in [0.2, 0.25) is 0 Å². The van der Waals surface area contributed by atoms with Gasteiger partial charge in [0.05, 0.1) is 5.01 Å². The molecule has 1 heterocycles. The topological polar surface area (TPSA) is 24.9 Å². The fourth-order valence-electron chi connectivity index (χ4n) is 1.84. The van der Waals surface area contributed by atoms with Crippen molar-refractivity contribution in [3.8, 4) is 0 Å². The maximum atomic E-state index is 4.27. The number of rotatable bonds is 5. The van der Waals surface area contributed by atoms with Crippen LogP contribution in [0.15, 0.2) is 29.8 Å². The van der Waals surface area contributed by atoms with Crippen molar-refractivity contribution in [2.45, 2.75) is 26.8 Å². The first kappa shape index (κ1) is 12.3. The maximum Gasteiger partial charge on any atom is 0.0937 e. The Morgan fingerprint density at radius 1 is 1.29 bits per heavy atom. The molecule has 2 nitrogen and oxygen atoms in total. The van der Waals surface area contributed by atoms with Crippen molar-refractivity contribution < 1.29 is 0 Å². The number of aryl methyl sites for hydroxylation is 2. The smallest absolute Gasteiger partial charge is 0.0937 e. The van der Waals surface area contributed by atoms with Crippen LogP contribution in [-0.2, 0) is 13.0 Å². The van der Waals surface area contributed by atoms with Gasteiger partial charge in [0.1, 0.15) is 0 Å². The maximum absolute atomic E-state index is 4.27. The summed E-state index contributed by atoms with van der Waals surface area (Å²) in [6.07, 6.45) is 2.88. The van der Waals surface area contributed by atoms with Crippen molar-refractivity contribution in [3.05, 3.63) is 51.5 Å². The SMILES string of the molecule is Cc1ccc(CNCCc2nccs2)c(C)c1. The minimum atomic E-state index is 0.942. The Morgan fingerprint density at radius 2 is 2.18 bits per heavy atom. The summed E-state index contributed by atoms with van der Waals surface area (Å²) in [7, 11) is 0. The first-order chi connectivity index (χ1) is 8.25. The minimum Gasteiger partial charge on any atom is -0.312 e. The Kier molecular flexibility index (Phi) is 4.29. The lowest BCUT2D eigenvalue weighted by atomic mass is 10.1. The van der Waals surface area contributed by atoms with E-state index in [-0.39, 0.29) is 0 Å². The van der Waals surface area contributed by atoms with Gasteiger partial charge in [-0.3, -0.25) is 0 Å². The molecule has 0 bridgehead atoms. The molecule has 0 saturated heterocycles. The number of thiazole rings is 1. The molecule has 0 atom stereocenters. The Balaban J connectivity index is 1.78. The van der Waals surface area contributed by atoms with E-state index in [4.69, 9.17) is 0 Å². The van der Waals surface area contributed by atoms with Crippen LogP contribution in [0.25, 0.3) is 0 Å². The van der Waals surface area contributed by atoms with Crippen LogP contribution < -0.4 is 5.32 Å². The van der Waals surface area contributed by atoms with E-state index in [0.717, 1.165) is 19.5 Å². The quantitative estimate of drug-likeness (QED) is 0.820. The number of benzene rings is 1. The molecule has 90 valence electrons. The summed E-state index contributed by atoms with van der Waals surface area (Å²) < 4.78 is 0. The standard InChI is InChI=1S/C14H18N2S/c1-11-3-4-13(12(2)9-11)10-15-6-5-14-16-7-8-17-14/h3-4,7-9,15H,5-6,10H2,1-2H3. The highest BCUT2D eigenvalue weighted by molar-refractivity contribution is 7.09. The van der Waals surface area contributed by atoms with Crippen LogP contribution in [0, 0.1) is 13.8 Å². The van der Waals surface area contributed by atoms with Gasteiger partial charge in [0.25, 0.3) is 0 Å². The Labute approximate surface area is 107 Å². The van der Waals surface area contributed by atoms with E-state index in [1.165, 1.54) is 21.7 Å². The van der Waals surface area contributed by atoms with Crippen molar-refractivity contribution in [2.24, 2.45) is 0 Å². The van der Waals surface area contributed by atoms with Gasteiger partial charge in [-0.15, -0.1) is 11.3 Å². The first-order valence-electron chi connectivity index (χ1n) is 5.91. The number of nitrogens with one attached hydrogen (secondary N) is 1. The van der Waals surface area contributed by atoms with Gasteiger partial charge in [-0.1, -0.05) is 23.8 Å². The Morgan fingerprint density at radius 3 is 2.88 bits per heavy atom. The Hall–Kier alpha value is -1.19. The van der Waals surface area contributed by atoms with Crippen LogP contribution >= 0.6 is 11.3 Å². The van der Waals surface area contributed by atoms with Crippen molar-refractivity contribution >= 4 is 11.3 Å². The van der Waals surface area contributed by atoms with E-state index in [2.05, 4.69) is 42.3 Å². The molecule has 17 heavy (non-hydrogen) atoms. The molecule has 0 fully saturated rings. The lowest BCUT2D eigenvalue weighted by Gasteiger charge is -2.08. The summed E-state index contributed by atoms with van der Waals surface area (Å²) in [6, 6.07) is 6.61. The fraction of sp³-hybridized carbons (Fsp3) is 0.357.